The molecule has 196 valence electrons. The number of hydrogen-bond donors (Lipinski definition) is 3. The number of amides is 3. The van der Waals surface area contributed by atoms with Crippen LogP contribution in [0.4, 0.5) is 16.2 Å². The Balaban J connectivity index is 1.25. The number of benzene rings is 2. The lowest BCUT2D eigenvalue weighted by Gasteiger charge is -2.19. The third-order valence-corrected chi connectivity index (χ3v) is 6.16. The Bertz CT molecular complexity index is 1210. The summed E-state index contributed by atoms with van der Waals surface area (Å²) in [6.45, 7) is 6.00. The average molecular weight is 523 g/mol. The molecule has 0 saturated heterocycles. The van der Waals surface area contributed by atoms with Crippen LogP contribution >= 0.6 is 11.8 Å². The largest absolute Gasteiger partial charge is 0.444 e. The molecule has 0 unspecified atom stereocenters. The quantitative estimate of drug-likeness (QED) is 0.211. The lowest BCUT2D eigenvalue weighted by molar-refractivity contribution is -0.118. The Morgan fingerprint density at radius 2 is 1.65 bits per heavy atom. The van der Waals surface area contributed by atoms with Gasteiger partial charge in [-0.15, -0.1) is 11.8 Å². The van der Waals surface area contributed by atoms with Crippen LogP contribution in [0.1, 0.15) is 46.5 Å². The second-order valence-electron chi connectivity index (χ2n) is 9.57. The number of unbranched alkanes of at least 4 members (excludes halogenated alkanes) is 2. The molecule has 0 atom stereocenters. The van der Waals surface area contributed by atoms with Gasteiger partial charge in [-0.1, -0.05) is 24.6 Å². The van der Waals surface area contributed by atoms with Crippen molar-refractivity contribution in [2.75, 3.05) is 22.9 Å². The highest BCUT2D eigenvalue weighted by molar-refractivity contribution is 8.00. The number of rotatable bonds is 11. The third kappa shape index (κ3) is 10.5. The van der Waals surface area contributed by atoms with Crippen LogP contribution in [0.5, 0.6) is 0 Å². The number of fused-ring (bicyclic) bond motifs is 1. The maximum atomic E-state index is 12.2. The van der Waals surface area contributed by atoms with E-state index >= 15 is 0 Å². The van der Waals surface area contributed by atoms with E-state index in [9.17, 15) is 14.4 Å². The van der Waals surface area contributed by atoms with E-state index in [-0.39, 0.29) is 11.8 Å². The molecule has 0 spiro atoms. The van der Waals surface area contributed by atoms with E-state index in [2.05, 4.69) is 20.9 Å². The van der Waals surface area contributed by atoms with Crippen LogP contribution < -0.4 is 16.0 Å². The van der Waals surface area contributed by atoms with Crippen LogP contribution in [0.2, 0.25) is 0 Å². The Kier molecular flexibility index (Phi) is 10.3. The average Bonchev–Trinajstić information content (AvgIpc) is 2.84. The van der Waals surface area contributed by atoms with E-state index in [4.69, 9.17) is 4.74 Å². The second kappa shape index (κ2) is 13.6. The molecule has 3 rings (SSSR count). The number of carbonyl (C=O) groups excluding carboxylic acids is 3. The van der Waals surface area contributed by atoms with E-state index in [1.54, 1.807) is 18.3 Å². The van der Waals surface area contributed by atoms with Crippen LogP contribution in [0.25, 0.3) is 10.9 Å². The van der Waals surface area contributed by atoms with Gasteiger partial charge >= 0.3 is 6.09 Å². The Morgan fingerprint density at radius 3 is 2.41 bits per heavy atom. The molecular weight excluding hydrogens is 488 g/mol. The number of ether oxygens (including phenoxy) is 1. The van der Waals surface area contributed by atoms with E-state index < -0.39 is 11.7 Å². The van der Waals surface area contributed by atoms with Gasteiger partial charge in [0.1, 0.15) is 5.60 Å². The van der Waals surface area contributed by atoms with Crippen LogP contribution in [-0.4, -0.2) is 40.8 Å². The minimum absolute atomic E-state index is 0.0372. The van der Waals surface area contributed by atoms with Gasteiger partial charge in [-0.05, 0) is 70.0 Å². The van der Waals surface area contributed by atoms with Crippen molar-refractivity contribution in [2.45, 2.75) is 57.0 Å². The summed E-state index contributed by atoms with van der Waals surface area (Å²) in [6, 6.07) is 16.9. The summed E-state index contributed by atoms with van der Waals surface area (Å²) in [5.41, 5.74) is 1.66. The Hall–Kier alpha value is -3.59. The van der Waals surface area contributed by atoms with Crippen molar-refractivity contribution in [2.24, 2.45) is 0 Å². The van der Waals surface area contributed by atoms with Gasteiger partial charge in [0.25, 0.3) is 0 Å². The molecule has 3 N–H and O–H groups in total. The van der Waals surface area contributed by atoms with E-state index in [0.717, 1.165) is 35.1 Å². The van der Waals surface area contributed by atoms with Crippen molar-refractivity contribution in [1.29, 1.82) is 0 Å². The number of hydrogen-bond acceptors (Lipinski definition) is 6. The minimum atomic E-state index is -0.557. The minimum Gasteiger partial charge on any atom is -0.444 e. The van der Waals surface area contributed by atoms with Crippen LogP contribution in [0.15, 0.2) is 65.7 Å². The fourth-order valence-corrected chi connectivity index (χ4v) is 4.16. The highest BCUT2D eigenvalue weighted by Crippen LogP contribution is 2.21. The SMILES string of the molecule is CC(C)(C)OC(=O)Nc1ccc(SCC(=O)NCCCCCC(=O)Nc2cnc3ccccc3c2)cc1. The monoisotopic (exact) mass is 522 g/mol. The first kappa shape index (κ1) is 28.0. The van der Waals surface area contributed by atoms with Gasteiger partial charge in [0.15, 0.2) is 0 Å². The van der Waals surface area contributed by atoms with Crippen molar-refractivity contribution < 1.29 is 19.1 Å². The zero-order valence-corrected chi connectivity index (χ0v) is 22.3. The van der Waals surface area contributed by atoms with Crippen molar-refractivity contribution in [3.8, 4) is 0 Å². The predicted molar refractivity (Wildman–Crippen MR) is 149 cm³/mol. The topological polar surface area (TPSA) is 109 Å². The number of para-hydroxylation sites is 1. The number of nitrogens with zero attached hydrogens (tertiary/aromatic N) is 1. The molecule has 0 fully saturated rings. The first-order valence-electron chi connectivity index (χ1n) is 12.3. The van der Waals surface area contributed by atoms with Gasteiger partial charge in [-0.3, -0.25) is 19.9 Å². The van der Waals surface area contributed by atoms with Crippen LogP contribution in [0.3, 0.4) is 0 Å². The lowest BCUT2D eigenvalue weighted by atomic mass is 10.1. The molecule has 3 aromatic rings. The van der Waals surface area contributed by atoms with Crippen molar-refractivity contribution in [3.05, 3.63) is 60.8 Å². The van der Waals surface area contributed by atoms with E-state index in [0.29, 0.717) is 30.1 Å². The summed E-state index contributed by atoms with van der Waals surface area (Å²) in [4.78, 5) is 41.4. The number of nitrogens with one attached hydrogen (secondary N) is 3. The smallest absolute Gasteiger partial charge is 0.412 e. The van der Waals surface area contributed by atoms with Crippen molar-refractivity contribution in [3.63, 3.8) is 0 Å². The first-order valence-corrected chi connectivity index (χ1v) is 13.3. The molecule has 1 aromatic heterocycles. The number of carbonyl (C=O) groups is 3. The normalized spacial score (nSPS) is 11.1. The molecule has 1 heterocycles. The van der Waals surface area contributed by atoms with Gasteiger partial charge in [0.2, 0.25) is 11.8 Å². The molecule has 0 aliphatic carbocycles. The summed E-state index contributed by atoms with van der Waals surface area (Å²) in [5, 5.41) is 9.48. The second-order valence-corrected chi connectivity index (χ2v) is 10.6. The Morgan fingerprint density at radius 1 is 0.892 bits per heavy atom. The summed E-state index contributed by atoms with van der Waals surface area (Å²) < 4.78 is 5.23. The molecular formula is C28H34N4O4S. The number of pyridine rings is 1. The van der Waals surface area contributed by atoms with E-state index in [1.165, 1.54) is 11.8 Å². The summed E-state index contributed by atoms with van der Waals surface area (Å²) >= 11 is 1.43. The lowest BCUT2D eigenvalue weighted by Crippen LogP contribution is -2.27. The Labute approximate surface area is 222 Å². The fourth-order valence-electron chi connectivity index (χ4n) is 3.43. The predicted octanol–water partition coefficient (Wildman–Crippen LogP) is 5.99. The fraction of sp³-hybridized carbons (Fsp3) is 0.357. The zero-order valence-electron chi connectivity index (χ0n) is 21.5. The summed E-state index contributed by atoms with van der Waals surface area (Å²) in [7, 11) is 0. The maximum Gasteiger partial charge on any atom is 0.412 e. The molecule has 9 heteroatoms. The van der Waals surface area contributed by atoms with E-state index in [1.807, 2.05) is 63.2 Å². The molecule has 0 aliphatic rings. The van der Waals surface area contributed by atoms with Gasteiger partial charge in [0.05, 0.1) is 23.2 Å². The molecule has 3 amide bonds. The summed E-state index contributed by atoms with van der Waals surface area (Å²) in [6.07, 6.45) is 4.00. The number of thioether (sulfide) groups is 1. The highest BCUT2D eigenvalue weighted by atomic mass is 32.2. The molecule has 2 aromatic carbocycles. The van der Waals surface area contributed by atoms with Gasteiger partial charge in [0, 0.05) is 28.9 Å². The highest BCUT2D eigenvalue weighted by Gasteiger charge is 2.16. The van der Waals surface area contributed by atoms with Crippen LogP contribution in [0, 0.1) is 0 Å². The van der Waals surface area contributed by atoms with Crippen LogP contribution in [-0.2, 0) is 14.3 Å². The molecule has 0 saturated carbocycles. The molecule has 0 radical (unpaired) electrons. The molecule has 0 bridgehead atoms. The number of aromatic nitrogens is 1. The zero-order chi connectivity index (χ0) is 26.7. The molecule has 0 aliphatic heterocycles. The third-order valence-electron chi connectivity index (χ3n) is 5.15. The molecule has 8 nitrogen and oxygen atoms in total. The van der Waals surface area contributed by atoms with Gasteiger partial charge in [-0.2, -0.15) is 0 Å². The van der Waals surface area contributed by atoms with Gasteiger partial charge < -0.3 is 15.4 Å². The first-order chi connectivity index (χ1) is 17.7. The summed E-state index contributed by atoms with van der Waals surface area (Å²) in [5.74, 6) is 0.230. The maximum absolute atomic E-state index is 12.2. The standard InChI is InChI=1S/C28H34N4O4S/c1-28(2,3)36-27(35)32-21-12-14-23(15-13-21)37-19-26(34)29-16-8-4-5-11-25(33)31-22-17-20-9-6-7-10-24(20)30-18-22/h6-7,9-10,12-15,17-18H,4-5,8,11,16,19H2,1-3H3,(H,29,34)(H,31,33)(H,32,35). The van der Waals surface area contributed by atoms with Crippen molar-refractivity contribution >= 4 is 51.9 Å². The van der Waals surface area contributed by atoms with Gasteiger partial charge in [-0.25, -0.2) is 4.79 Å². The van der Waals surface area contributed by atoms with Crippen molar-refractivity contribution in [1.82, 2.24) is 10.3 Å². The molecule has 37 heavy (non-hydrogen) atoms. The number of anilines is 2.